The summed E-state index contributed by atoms with van der Waals surface area (Å²) in [5, 5.41) is 9.30. The van der Waals surface area contributed by atoms with Gasteiger partial charge in [0, 0.05) is 31.4 Å². The molecular formula is C14H19N3O2. The summed E-state index contributed by atoms with van der Waals surface area (Å²) >= 11 is 0. The molecule has 2 saturated heterocycles. The number of hydrogen-bond acceptors (Lipinski definition) is 4. The second kappa shape index (κ2) is 4.81. The van der Waals surface area contributed by atoms with E-state index in [-0.39, 0.29) is 0 Å². The molecule has 2 aliphatic heterocycles. The molecule has 0 spiro atoms. The molecule has 0 saturated carbocycles. The Kier molecular flexibility index (Phi) is 3.14. The molecule has 2 fully saturated rings. The number of anilines is 1. The lowest BCUT2D eigenvalue weighted by Crippen LogP contribution is -2.50. The highest BCUT2D eigenvalue weighted by Crippen LogP contribution is 2.26. The highest BCUT2D eigenvalue weighted by Gasteiger charge is 2.32. The van der Waals surface area contributed by atoms with Crippen LogP contribution in [-0.4, -0.2) is 53.2 Å². The number of aryl methyl sites for hydroxylation is 1. The first-order valence-electron chi connectivity index (χ1n) is 6.85. The molecule has 1 aromatic rings. The van der Waals surface area contributed by atoms with Gasteiger partial charge in [-0.1, -0.05) is 0 Å². The van der Waals surface area contributed by atoms with Gasteiger partial charge < -0.3 is 10.0 Å². The highest BCUT2D eigenvalue weighted by molar-refractivity contribution is 5.93. The van der Waals surface area contributed by atoms with E-state index in [2.05, 4.69) is 14.8 Å². The first-order valence-corrected chi connectivity index (χ1v) is 6.85. The number of rotatable bonds is 2. The third-order valence-corrected chi connectivity index (χ3v) is 4.13. The van der Waals surface area contributed by atoms with Crippen molar-refractivity contribution in [2.24, 2.45) is 0 Å². The van der Waals surface area contributed by atoms with Crippen LogP contribution < -0.4 is 4.90 Å². The van der Waals surface area contributed by atoms with E-state index in [4.69, 9.17) is 0 Å². The van der Waals surface area contributed by atoms with E-state index in [0.717, 1.165) is 25.3 Å². The molecule has 0 bridgehead atoms. The van der Waals surface area contributed by atoms with Gasteiger partial charge >= 0.3 is 5.97 Å². The summed E-state index contributed by atoms with van der Waals surface area (Å²) in [7, 11) is 0. The summed E-state index contributed by atoms with van der Waals surface area (Å²) in [6.07, 6.45) is 2.47. The van der Waals surface area contributed by atoms with Crippen molar-refractivity contribution in [2.75, 3.05) is 31.1 Å². The second-order valence-corrected chi connectivity index (χ2v) is 5.41. The zero-order valence-corrected chi connectivity index (χ0v) is 11.2. The molecule has 1 aromatic heterocycles. The van der Waals surface area contributed by atoms with Crippen molar-refractivity contribution in [1.29, 1.82) is 0 Å². The zero-order valence-electron chi connectivity index (χ0n) is 11.2. The molecule has 102 valence electrons. The van der Waals surface area contributed by atoms with Crippen LogP contribution in [0.5, 0.6) is 0 Å². The molecule has 1 atom stereocenters. The molecule has 0 aromatic carbocycles. The molecule has 19 heavy (non-hydrogen) atoms. The Morgan fingerprint density at radius 1 is 1.37 bits per heavy atom. The minimum absolute atomic E-state index is 0.317. The van der Waals surface area contributed by atoms with Crippen molar-refractivity contribution in [3.63, 3.8) is 0 Å². The van der Waals surface area contributed by atoms with Crippen molar-refractivity contribution >= 4 is 11.8 Å². The Morgan fingerprint density at radius 2 is 2.21 bits per heavy atom. The first kappa shape index (κ1) is 12.4. The topological polar surface area (TPSA) is 56.7 Å². The Morgan fingerprint density at radius 3 is 3.00 bits per heavy atom. The molecule has 0 amide bonds. The molecule has 0 aliphatic carbocycles. The third-order valence-electron chi connectivity index (χ3n) is 4.13. The molecule has 3 rings (SSSR count). The minimum Gasteiger partial charge on any atom is -0.478 e. The molecule has 5 heteroatoms. The first-order chi connectivity index (χ1) is 9.15. The van der Waals surface area contributed by atoms with Gasteiger partial charge in [0.15, 0.2) is 0 Å². The maximum absolute atomic E-state index is 11.3. The van der Waals surface area contributed by atoms with Gasteiger partial charge in [-0.15, -0.1) is 0 Å². The maximum Gasteiger partial charge on any atom is 0.339 e. The molecule has 5 nitrogen and oxygen atoms in total. The number of nitrogens with zero attached hydrogens (tertiary/aromatic N) is 3. The van der Waals surface area contributed by atoms with E-state index in [1.807, 2.05) is 6.92 Å². The third kappa shape index (κ3) is 2.30. The molecule has 3 heterocycles. The molecule has 0 radical (unpaired) electrons. The van der Waals surface area contributed by atoms with E-state index in [1.165, 1.54) is 19.4 Å². The summed E-state index contributed by atoms with van der Waals surface area (Å²) in [5.41, 5.74) is 1.19. The quantitative estimate of drug-likeness (QED) is 0.871. The van der Waals surface area contributed by atoms with E-state index in [0.29, 0.717) is 17.4 Å². The predicted octanol–water partition coefficient (Wildman–Crippen LogP) is 1.37. The van der Waals surface area contributed by atoms with E-state index < -0.39 is 5.97 Å². The van der Waals surface area contributed by atoms with Crippen LogP contribution in [0.2, 0.25) is 0 Å². The normalized spacial score (nSPS) is 23.4. The van der Waals surface area contributed by atoms with Crippen molar-refractivity contribution < 1.29 is 9.90 Å². The van der Waals surface area contributed by atoms with Crippen molar-refractivity contribution in [1.82, 2.24) is 9.88 Å². The van der Waals surface area contributed by atoms with Gasteiger partial charge in [0.25, 0.3) is 0 Å². The number of fused-ring (bicyclic) bond motifs is 1. The Labute approximate surface area is 112 Å². The highest BCUT2D eigenvalue weighted by atomic mass is 16.4. The Bertz CT molecular complexity index is 503. The van der Waals surface area contributed by atoms with Crippen LogP contribution in [0.1, 0.15) is 28.9 Å². The molecule has 1 N–H and O–H groups in total. The standard InChI is InChI=1S/C14H19N3O2/c1-10-4-5-12(14(18)19)13(15-10)17-8-7-16-6-2-3-11(16)9-17/h4-5,11H,2-3,6-9H2,1H3,(H,18,19). The fourth-order valence-electron chi connectivity index (χ4n) is 3.13. The van der Waals surface area contributed by atoms with Gasteiger partial charge in [-0.05, 0) is 38.4 Å². The van der Waals surface area contributed by atoms with Crippen LogP contribution >= 0.6 is 0 Å². The fraction of sp³-hybridized carbons (Fsp3) is 0.571. The van der Waals surface area contributed by atoms with Crippen LogP contribution in [0.4, 0.5) is 5.82 Å². The zero-order chi connectivity index (χ0) is 13.4. The summed E-state index contributed by atoms with van der Waals surface area (Å²) < 4.78 is 0. The van der Waals surface area contributed by atoms with Crippen LogP contribution in [-0.2, 0) is 0 Å². The summed E-state index contributed by atoms with van der Waals surface area (Å²) in [5.74, 6) is -0.254. The van der Waals surface area contributed by atoms with Crippen LogP contribution in [0.15, 0.2) is 12.1 Å². The SMILES string of the molecule is Cc1ccc(C(=O)O)c(N2CCN3CCCC3C2)n1. The van der Waals surface area contributed by atoms with Crippen molar-refractivity contribution in [3.8, 4) is 0 Å². The summed E-state index contributed by atoms with van der Waals surface area (Å²) in [6.45, 7) is 5.87. The maximum atomic E-state index is 11.3. The van der Waals surface area contributed by atoms with Crippen molar-refractivity contribution in [3.05, 3.63) is 23.4 Å². The number of carbonyl (C=O) groups is 1. The Hall–Kier alpha value is -1.62. The summed E-state index contributed by atoms with van der Waals surface area (Å²) in [4.78, 5) is 20.4. The van der Waals surface area contributed by atoms with Gasteiger partial charge in [-0.3, -0.25) is 4.90 Å². The number of aromatic carboxylic acids is 1. The van der Waals surface area contributed by atoms with Gasteiger partial charge in [0.1, 0.15) is 11.4 Å². The number of carboxylic acid groups (broad SMARTS) is 1. The lowest BCUT2D eigenvalue weighted by atomic mass is 10.1. The largest absolute Gasteiger partial charge is 0.478 e. The van der Waals surface area contributed by atoms with Crippen LogP contribution in [0.25, 0.3) is 0 Å². The monoisotopic (exact) mass is 261 g/mol. The lowest BCUT2D eigenvalue weighted by molar-refractivity contribution is 0.0697. The Balaban J connectivity index is 1.89. The molecule has 1 unspecified atom stereocenters. The van der Waals surface area contributed by atoms with Gasteiger partial charge in [-0.2, -0.15) is 0 Å². The average molecular weight is 261 g/mol. The smallest absolute Gasteiger partial charge is 0.339 e. The van der Waals surface area contributed by atoms with Crippen LogP contribution in [0.3, 0.4) is 0 Å². The van der Waals surface area contributed by atoms with E-state index in [9.17, 15) is 9.90 Å². The van der Waals surface area contributed by atoms with Gasteiger partial charge in [0.2, 0.25) is 0 Å². The number of pyridine rings is 1. The number of piperazine rings is 1. The lowest BCUT2D eigenvalue weighted by Gasteiger charge is -2.38. The van der Waals surface area contributed by atoms with Gasteiger partial charge in [-0.25, -0.2) is 9.78 Å². The predicted molar refractivity (Wildman–Crippen MR) is 72.7 cm³/mol. The van der Waals surface area contributed by atoms with E-state index in [1.54, 1.807) is 12.1 Å². The molecular weight excluding hydrogens is 242 g/mol. The number of hydrogen-bond donors (Lipinski definition) is 1. The number of aromatic nitrogens is 1. The van der Waals surface area contributed by atoms with Crippen LogP contribution in [0, 0.1) is 6.92 Å². The number of carboxylic acids is 1. The van der Waals surface area contributed by atoms with Gasteiger partial charge in [0.05, 0.1) is 0 Å². The second-order valence-electron chi connectivity index (χ2n) is 5.41. The minimum atomic E-state index is -0.892. The average Bonchev–Trinajstić information content (AvgIpc) is 2.85. The molecule has 2 aliphatic rings. The van der Waals surface area contributed by atoms with E-state index >= 15 is 0 Å². The fourth-order valence-corrected chi connectivity index (χ4v) is 3.13. The summed E-state index contributed by atoms with van der Waals surface area (Å²) in [6, 6.07) is 4.00. The van der Waals surface area contributed by atoms with Crippen molar-refractivity contribution in [2.45, 2.75) is 25.8 Å².